The largest absolute Gasteiger partial charge is 0.497 e. The van der Waals surface area contributed by atoms with E-state index in [2.05, 4.69) is 5.32 Å². The highest BCUT2D eigenvalue weighted by molar-refractivity contribution is 5.78. The highest BCUT2D eigenvalue weighted by Crippen LogP contribution is 2.17. The minimum atomic E-state index is 0.0145. The molecule has 0 fully saturated rings. The van der Waals surface area contributed by atoms with Crippen molar-refractivity contribution < 1.29 is 9.53 Å². The summed E-state index contributed by atoms with van der Waals surface area (Å²) in [5.41, 5.74) is 1.08. The van der Waals surface area contributed by atoms with Crippen molar-refractivity contribution in [3.63, 3.8) is 0 Å². The third-order valence-corrected chi connectivity index (χ3v) is 2.50. The first-order valence-corrected chi connectivity index (χ1v) is 5.49. The van der Waals surface area contributed by atoms with E-state index < -0.39 is 0 Å². The second-order valence-electron chi connectivity index (χ2n) is 4.16. The van der Waals surface area contributed by atoms with Crippen LogP contribution in [0, 0.1) is 5.92 Å². The SMILES string of the molecule is COc1ccc(C(C)NC(=O)C(C)C)cc1. The van der Waals surface area contributed by atoms with Crippen molar-refractivity contribution in [1.29, 1.82) is 0 Å². The number of carbonyl (C=O) groups excluding carboxylic acids is 1. The molecule has 16 heavy (non-hydrogen) atoms. The number of amides is 1. The Morgan fingerprint density at radius 3 is 2.19 bits per heavy atom. The van der Waals surface area contributed by atoms with E-state index >= 15 is 0 Å². The highest BCUT2D eigenvalue weighted by atomic mass is 16.5. The van der Waals surface area contributed by atoms with Crippen molar-refractivity contribution in [1.82, 2.24) is 5.32 Å². The Morgan fingerprint density at radius 1 is 1.19 bits per heavy atom. The molecule has 0 saturated heterocycles. The predicted molar refractivity (Wildman–Crippen MR) is 64.4 cm³/mol. The van der Waals surface area contributed by atoms with Gasteiger partial charge in [0.05, 0.1) is 13.2 Å². The maximum atomic E-state index is 11.5. The van der Waals surface area contributed by atoms with Gasteiger partial charge >= 0.3 is 0 Å². The average molecular weight is 221 g/mol. The van der Waals surface area contributed by atoms with Crippen LogP contribution in [0.5, 0.6) is 5.75 Å². The third kappa shape index (κ3) is 3.26. The molecule has 3 nitrogen and oxygen atoms in total. The Kier molecular flexibility index (Phi) is 4.35. The maximum Gasteiger partial charge on any atom is 0.223 e. The first kappa shape index (κ1) is 12.6. The van der Waals surface area contributed by atoms with E-state index in [-0.39, 0.29) is 17.9 Å². The minimum absolute atomic E-state index is 0.0145. The zero-order valence-corrected chi connectivity index (χ0v) is 10.3. The number of carbonyl (C=O) groups is 1. The minimum Gasteiger partial charge on any atom is -0.497 e. The highest BCUT2D eigenvalue weighted by Gasteiger charge is 2.11. The summed E-state index contributed by atoms with van der Waals surface area (Å²) in [7, 11) is 1.64. The topological polar surface area (TPSA) is 38.3 Å². The molecule has 1 atom stereocenters. The van der Waals surface area contributed by atoms with Gasteiger partial charge in [-0.3, -0.25) is 4.79 Å². The van der Waals surface area contributed by atoms with Gasteiger partial charge in [0.2, 0.25) is 5.91 Å². The lowest BCUT2D eigenvalue weighted by Gasteiger charge is -2.16. The van der Waals surface area contributed by atoms with Gasteiger partial charge in [-0.25, -0.2) is 0 Å². The zero-order chi connectivity index (χ0) is 12.1. The fourth-order valence-electron chi connectivity index (χ4n) is 1.36. The maximum absolute atomic E-state index is 11.5. The molecule has 1 aromatic rings. The third-order valence-electron chi connectivity index (χ3n) is 2.50. The van der Waals surface area contributed by atoms with Crippen LogP contribution in [0.2, 0.25) is 0 Å². The summed E-state index contributed by atoms with van der Waals surface area (Å²) < 4.78 is 5.08. The predicted octanol–water partition coefficient (Wildman–Crippen LogP) is 2.53. The van der Waals surface area contributed by atoms with Crippen molar-refractivity contribution in [2.24, 2.45) is 5.92 Å². The number of nitrogens with one attached hydrogen (secondary N) is 1. The molecule has 1 N–H and O–H groups in total. The van der Waals surface area contributed by atoms with Crippen molar-refractivity contribution in [2.45, 2.75) is 26.8 Å². The van der Waals surface area contributed by atoms with Gasteiger partial charge in [0.1, 0.15) is 5.75 Å². The van der Waals surface area contributed by atoms with E-state index in [1.54, 1.807) is 7.11 Å². The Morgan fingerprint density at radius 2 is 1.75 bits per heavy atom. The molecule has 1 rings (SSSR count). The second kappa shape index (κ2) is 5.54. The molecule has 1 unspecified atom stereocenters. The van der Waals surface area contributed by atoms with Crippen LogP contribution >= 0.6 is 0 Å². The van der Waals surface area contributed by atoms with Gasteiger partial charge in [-0.05, 0) is 24.6 Å². The molecule has 0 aliphatic heterocycles. The molecule has 1 amide bonds. The smallest absolute Gasteiger partial charge is 0.223 e. The van der Waals surface area contributed by atoms with Gasteiger partial charge in [0.25, 0.3) is 0 Å². The molecular weight excluding hydrogens is 202 g/mol. The molecule has 0 aliphatic rings. The molecule has 0 radical (unpaired) electrons. The lowest BCUT2D eigenvalue weighted by atomic mass is 10.1. The molecule has 88 valence electrons. The Bertz CT molecular complexity index is 343. The van der Waals surface area contributed by atoms with Crippen LogP contribution in [0.1, 0.15) is 32.4 Å². The average Bonchev–Trinajstić information content (AvgIpc) is 2.28. The van der Waals surface area contributed by atoms with Crippen molar-refractivity contribution in [2.75, 3.05) is 7.11 Å². The monoisotopic (exact) mass is 221 g/mol. The van der Waals surface area contributed by atoms with Gasteiger partial charge < -0.3 is 10.1 Å². The lowest BCUT2D eigenvalue weighted by molar-refractivity contribution is -0.124. The number of rotatable bonds is 4. The lowest BCUT2D eigenvalue weighted by Crippen LogP contribution is -2.30. The first-order valence-electron chi connectivity index (χ1n) is 5.49. The summed E-state index contributed by atoms with van der Waals surface area (Å²) in [6.07, 6.45) is 0. The van der Waals surface area contributed by atoms with Crippen molar-refractivity contribution >= 4 is 5.91 Å². The molecular formula is C13H19NO2. The summed E-state index contributed by atoms with van der Waals surface area (Å²) in [4.78, 5) is 11.5. The standard InChI is InChI=1S/C13H19NO2/c1-9(2)13(15)14-10(3)11-5-7-12(16-4)8-6-11/h5-10H,1-4H3,(H,14,15). The summed E-state index contributed by atoms with van der Waals surface area (Å²) >= 11 is 0. The van der Waals surface area contributed by atoms with Gasteiger partial charge in [-0.15, -0.1) is 0 Å². The number of hydrogen-bond acceptors (Lipinski definition) is 2. The normalized spacial score (nSPS) is 12.3. The summed E-state index contributed by atoms with van der Waals surface area (Å²) in [6.45, 7) is 5.74. The second-order valence-corrected chi connectivity index (χ2v) is 4.16. The number of hydrogen-bond donors (Lipinski definition) is 1. The summed E-state index contributed by atoms with van der Waals surface area (Å²) in [6, 6.07) is 7.75. The molecule has 1 aromatic carbocycles. The molecule has 0 heterocycles. The Balaban J connectivity index is 2.65. The van der Waals surface area contributed by atoms with Crippen LogP contribution in [0.4, 0.5) is 0 Å². The van der Waals surface area contributed by atoms with Crippen LogP contribution in [0.25, 0.3) is 0 Å². The fourth-order valence-corrected chi connectivity index (χ4v) is 1.36. The molecule has 0 saturated carbocycles. The molecule has 0 spiro atoms. The first-order chi connectivity index (χ1) is 7.54. The van der Waals surface area contributed by atoms with E-state index in [0.717, 1.165) is 11.3 Å². The molecule has 0 aromatic heterocycles. The quantitative estimate of drug-likeness (QED) is 0.848. The van der Waals surface area contributed by atoms with Crippen LogP contribution < -0.4 is 10.1 Å². The van der Waals surface area contributed by atoms with Crippen LogP contribution in [-0.4, -0.2) is 13.0 Å². The molecule has 0 bridgehead atoms. The Hall–Kier alpha value is -1.51. The molecule has 0 aliphatic carbocycles. The van der Waals surface area contributed by atoms with Crippen LogP contribution in [-0.2, 0) is 4.79 Å². The summed E-state index contributed by atoms with van der Waals surface area (Å²) in [5, 5.41) is 2.95. The summed E-state index contributed by atoms with van der Waals surface area (Å²) in [5.74, 6) is 0.912. The van der Waals surface area contributed by atoms with Gasteiger partial charge in [-0.1, -0.05) is 26.0 Å². The van der Waals surface area contributed by atoms with E-state index in [9.17, 15) is 4.79 Å². The number of ether oxygens (including phenoxy) is 1. The number of benzene rings is 1. The van der Waals surface area contributed by atoms with E-state index in [0.29, 0.717) is 0 Å². The zero-order valence-electron chi connectivity index (χ0n) is 10.3. The van der Waals surface area contributed by atoms with E-state index in [1.807, 2.05) is 45.0 Å². The van der Waals surface area contributed by atoms with E-state index in [1.165, 1.54) is 0 Å². The van der Waals surface area contributed by atoms with Crippen LogP contribution in [0.15, 0.2) is 24.3 Å². The number of methoxy groups -OCH3 is 1. The van der Waals surface area contributed by atoms with E-state index in [4.69, 9.17) is 4.74 Å². The van der Waals surface area contributed by atoms with Crippen molar-refractivity contribution in [3.05, 3.63) is 29.8 Å². The van der Waals surface area contributed by atoms with Gasteiger partial charge in [0, 0.05) is 5.92 Å². The van der Waals surface area contributed by atoms with Crippen molar-refractivity contribution in [3.8, 4) is 5.75 Å². The van der Waals surface area contributed by atoms with Crippen LogP contribution in [0.3, 0.4) is 0 Å². The fraction of sp³-hybridized carbons (Fsp3) is 0.462. The Labute approximate surface area is 96.8 Å². The van der Waals surface area contributed by atoms with Gasteiger partial charge in [0.15, 0.2) is 0 Å². The van der Waals surface area contributed by atoms with Gasteiger partial charge in [-0.2, -0.15) is 0 Å². The molecule has 3 heteroatoms.